The molecule has 0 unspecified atom stereocenters. The van der Waals surface area contributed by atoms with Crippen LogP contribution in [0.4, 0.5) is 4.39 Å². The number of hydrogen-bond donors (Lipinski definition) is 1. The number of carbonyl (C=O) groups excluding carboxylic acids is 1. The number of ketones is 1. The van der Waals surface area contributed by atoms with Gasteiger partial charge in [0.1, 0.15) is 5.82 Å². The van der Waals surface area contributed by atoms with Crippen molar-refractivity contribution in [1.82, 2.24) is 4.72 Å². The first-order valence-electron chi connectivity index (χ1n) is 5.04. The summed E-state index contributed by atoms with van der Waals surface area (Å²) in [7, 11) is 0. The highest BCUT2D eigenvalue weighted by molar-refractivity contribution is 7.97. The summed E-state index contributed by atoms with van der Waals surface area (Å²) >= 11 is 1.40. The molecule has 0 aliphatic carbocycles. The molecule has 16 heavy (non-hydrogen) atoms. The molecule has 88 valence electrons. The third-order valence-corrected chi connectivity index (χ3v) is 3.00. The second-order valence-electron chi connectivity index (χ2n) is 4.65. The fraction of sp³-hybridized carbons (Fsp3) is 0.417. The van der Waals surface area contributed by atoms with Crippen LogP contribution in [0.3, 0.4) is 0 Å². The number of rotatable bonds is 3. The molecule has 1 aromatic carbocycles. The van der Waals surface area contributed by atoms with Gasteiger partial charge in [0.15, 0.2) is 5.78 Å². The second kappa shape index (κ2) is 4.97. The first kappa shape index (κ1) is 13.2. The van der Waals surface area contributed by atoms with Crippen LogP contribution in [0.5, 0.6) is 0 Å². The molecule has 0 radical (unpaired) electrons. The van der Waals surface area contributed by atoms with E-state index in [2.05, 4.69) is 4.72 Å². The van der Waals surface area contributed by atoms with Gasteiger partial charge in [0.2, 0.25) is 0 Å². The zero-order chi connectivity index (χ0) is 12.3. The average Bonchev–Trinajstić information content (AvgIpc) is 2.14. The van der Waals surface area contributed by atoms with Crippen LogP contribution in [0.2, 0.25) is 0 Å². The van der Waals surface area contributed by atoms with Gasteiger partial charge in [-0.15, -0.1) is 0 Å². The van der Waals surface area contributed by atoms with Crippen molar-refractivity contribution in [1.29, 1.82) is 0 Å². The van der Waals surface area contributed by atoms with Crippen molar-refractivity contribution in [3.05, 3.63) is 29.6 Å². The lowest BCUT2D eigenvalue weighted by molar-refractivity contribution is 0.101. The number of nitrogens with one attached hydrogen (secondary N) is 1. The number of carbonyl (C=O) groups is 1. The lowest BCUT2D eigenvalue weighted by Gasteiger charge is -2.19. The molecule has 0 amide bonds. The highest BCUT2D eigenvalue weighted by Gasteiger charge is 2.12. The fourth-order valence-corrected chi connectivity index (χ4v) is 1.79. The molecular weight excluding hydrogens is 225 g/mol. The Kier molecular flexibility index (Phi) is 4.10. The van der Waals surface area contributed by atoms with E-state index in [1.807, 2.05) is 20.8 Å². The Morgan fingerprint density at radius 2 is 2.00 bits per heavy atom. The zero-order valence-electron chi connectivity index (χ0n) is 9.93. The minimum Gasteiger partial charge on any atom is -0.294 e. The Hall–Kier alpha value is -0.870. The molecule has 0 aromatic heterocycles. The normalized spacial score (nSPS) is 11.6. The summed E-state index contributed by atoms with van der Waals surface area (Å²) in [5.74, 6) is -0.719. The molecule has 0 aliphatic rings. The molecule has 1 aromatic rings. The predicted octanol–water partition coefficient (Wildman–Crippen LogP) is 3.42. The largest absolute Gasteiger partial charge is 0.294 e. The van der Waals surface area contributed by atoms with Gasteiger partial charge in [0, 0.05) is 10.4 Å². The molecule has 0 atom stereocenters. The van der Waals surface area contributed by atoms with E-state index in [1.54, 1.807) is 12.1 Å². The van der Waals surface area contributed by atoms with Crippen molar-refractivity contribution < 1.29 is 9.18 Å². The molecule has 0 spiro atoms. The van der Waals surface area contributed by atoms with E-state index in [0.717, 1.165) is 4.90 Å². The molecule has 0 saturated carbocycles. The van der Waals surface area contributed by atoms with E-state index in [4.69, 9.17) is 0 Å². The van der Waals surface area contributed by atoms with Gasteiger partial charge in [-0.3, -0.25) is 9.52 Å². The molecule has 0 bridgehead atoms. The Balaban J connectivity index is 2.83. The smallest absolute Gasteiger partial charge is 0.162 e. The second-order valence-corrected chi connectivity index (χ2v) is 5.53. The summed E-state index contributed by atoms with van der Waals surface area (Å²) in [6.45, 7) is 7.48. The van der Waals surface area contributed by atoms with Crippen LogP contribution in [-0.4, -0.2) is 11.3 Å². The summed E-state index contributed by atoms with van der Waals surface area (Å²) < 4.78 is 16.5. The molecule has 0 heterocycles. The van der Waals surface area contributed by atoms with Gasteiger partial charge in [-0.2, -0.15) is 0 Å². The Morgan fingerprint density at radius 1 is 1.38 bits per heavy atom. The minimum absolute atomic E-state index is 0.0323. The highest BCUT2D eigenvalue weighted by Crippen LogP contribution is 2.21. The van der Waals surface area contributed by atoms with Gasteiger partial charge >= 0.3 is 0 Å². The lowest BCUT2D eigenvalue weighted by atomic mass is 10.1. The van der Waals surface area contributed by atoms with Gasteiger partial charge < -0.3 is 0 Å². The third kappa shape index (κ3) is 3.94. The fourth-order valence-electron chi connectivity index (χ4n) is 1.05. The summed E-state index contributed by atoms with van der Waals surface area (Å²) in [6.07, 6.45) is 0. The Labute approximate surface area is 99.8 Å². The van der Waals surface area contributed by atoms with Gasteiger partial charge in [0.25, 0.3) is 0 Å². The summed E-state index contributed by atoms with van der Waals surface area (Å²) in [5.41, 5.74) is 0.107. The first-order chi connectivity index (χ1) is 7.29. The van der Waals surface area contributed by atoms with Gasteiger partial charge in [0.05, 0.1) is 5.56 Å². The van der Waals surface area contributed by atoms with E-state index in [-0.39, 0.29) is 16.9 Å². The van der Waals surface area contributed by atoms with E-state index in [0.29, 0.717) is 0 Å². The van der Waals surface area contributed by atoms with Crippen LogP contribution in [0.25, 0.3) is 0 Å². The van der Waals surface area contributed by atoms with Crippen LogP contribution < -0.4 is 4.72 Å². The van der Waals surface area contributed by atoms with E-state index < -0.39 is 5.82 Å². The van der Waals surface area contributed by atoms with Crippen molar-refractivity contribution in [2.24, 2.45) is 0 Å². The van der Waals surface area contributed by atoms with Gasteiger partial charge in [-0.25, -0.2) is 4.39 Å². The SMILES string of the molecule is CC(=O)c1cc(SNC(C)(C)C)ccc1F. The quantitative estimate of drug-likeness (QED) is 0.649. The van der Waals surface area contributed by atoms with Crippen LogP contribution in [0.15, 0.2) is 23.1 Å². The van der Waals surface area contributed by atoms with Gasteiger partial charge in [-0.05, 0) is 57.8 Å². The highest BCUT2D eigenvalue weighted by atomic mass is 32.2. The van der Waals surface area contributed by atoms with Crippen LogP contribution >= 0.6 is 11.9 Å². The van der Waals surface area contributed by atoms with Crippen LogP contribution in [-0.2, 0) is 0 Å². The molecule has 1 N–H and O–H groups in total. The lowest BCUT2D eigenvalue weighted by Crippen LogP contribution is -2.29. The average molecular weight is 241 g/mol. The summed E-state index contributed by atoms with van der Waals surface area (Å²) in [5, 5.41) is 0. The van der Waals surface area contributed by atoms with Crippen LogP contribution in [0, 0.1) is 5.82 Å². The molecule has 2 nitrogen and oxygen atoms in total. The number of hydrogen-bond acceptors (Lipinski definition) is 3. The number of halogens is 1. The maximum Gasteiger partial charge on any atom is 0.162 e. The maximum absolute atomic E-state index is 13.2. The van der Waals surface area contributed by atoms with Crippen LogP contribution in [0.1, 0.15) is 38.1 Å². The molecule has 0 fully saturated rings. The van der Waals surface area contributed by atoms with Gasteiger partial charge in [-0.1, -0.05) is 0 Å². The van der Waals surface area contributed by atoms with E-state index in [9.17, 15) is 9.18 Å². The van der Waals surface area contributed by atoms with Crippen molar-refractivity contribution in [2.45, 2.75) is 38.1 Å². The molecular formula is C12H16FNOS. The molecule has 4 heteroatoms. The van der Waals surface area contributed by atoms with Crippen molar-refractivity contribution in [3.63, 3.8) is 0 Å². The third-order valence-electron chi connectivity index (χ3n) is 1.79. The van der Waals surface area contributed by atoms with E-state index in [1.165, 1.54) is 24.9 Å². The number of benzene rings is 1. The minimum atomic E-state index is -0.465. The Bertz CT molecular complexity index is 398. The van der Waals surface area contributed by atoms with E-state index >= 15 is 0 Å². The Morgan fingerprint density at radius 3 is 2.50 bits per heavy atom. The van der Waals surface area contributed by atoms with Crippen molar-refractivity contribution in [2.75, 3.05) is 0 Å². The molecule has 0 saturated heterocycles. The topological polar surface area (TPSA) is 29.1 Å². The van der Waals surface area contributed by atoms with Crippen molar-refractivity contribution in [3.8, 4) is 0 Å². The molecule has 0 aliphatic heterocycles. The zero-order valence-corrected chi connectivity index (χ0v) is 10.7. The maximum atomic E-state index is 13.2. The number of Topliss-reactive ketones (excluding diaryl/α,β-unsaturated/α-hetero) is 1. The monoisotopic (exact) mass is 241 g/mol. The molecule has 1 rings (SSSR count). The summed E-state index contributed by atoms with van der Waals surface area (Å²) in [6, 6.07) is 4.55. The standard InChI is InChI=1S/C12H16FNOS/c1-8(15)10-7-9(5-6-11(10)13)16-14-12(2,3)4/h5-7,14H,1-4H3. The predicted molar refractivity (Wildman–Crippen MR) is 65.2 cm³/mol. The van der Waals surface area contributed by atoms with Crippen molar-refractivity contribution >= 4 is 17.7 Å². The first-order valence-corrected chi connectivity index (χ1v) is 5.86. The summed E-state index contributed by atoms with van der Waals surface area (Å²) in [4.78, 5) is 12.0.